The van der Waals surface area contributed by atoms with Crippen molar-refractivity contribution in [3.8, 4) is 5.75 Å². The highest BCUT2D eigenvalue weighted by molar-refractivity contribution is 7.99. The van der Waals surface area contributed by atoms with E-state index in [0.29, 0.717) is 11.4 Å². The molecule has 0 saturated carbocycles. The fraction of sp³-hybridized carbons (Fsp3) is 0.158. The van der Waals surface area contributed by atoms with Crippen LogP contribution in [0, 0.1) is 5.82 Å². The number of rotatable bonds is 8. The van der Waals surface area contributed by atoms with Gasteiger partial charge in [-0.05, 0) is 24.3 Å². The first kappa shape index (κ1) is 21.6. The summed E-state index contributed by atoms with van der Waals surface area (Å²) in [5, 5.41) is 12.9. The predicted octanol–water partition coefficient (Wildman–Crippen LogP) is 3.53. The van der Waals surface area contributed by atoms with Gasteiger partial charge in [-0.25, -0.2) is 4.39 Å². The van der Waals surface area contributed by atoms with E-state index in [1.165, 1.54) is 19.2 Å². The summed E-state index contributed by atoms with van der Waals surface area (Å²) in [6.45, 7) is -0.121. The van der Waals surface area contributed by atoms with Gasteiger partial charge in [0.15, 0.2) is 0 Å². The second-order valence-electron chi connectivity index (χ2n) is 5.78. The lowest BCUT2D eigenvalue weighted by Gasteiger charge is -2.08. The second kappa shape index (κ2) is 10.1. The van der Waals surface area contributed by atoms with Crippen LogP contribution in [-0.4, -0.2) is 34.9 Å². The Morgan fingerprint density at radius 2 is 2.00 bits per heavy atom. The summed E-state index contributed by atoms with van der Waals surface area (Å²) >= 11 is 6.89. The van der Waals surface area contributed by atoms with Crippen LogP contribution in [0.4, 0.5) is 10.1 Å². The lowest BCUT2D eigenvalue weighted by Crippen LogP contribution is -2.24. The van der Waals surface area contributed by atoms with Gasteiger partial charge in [-0.1, -0.05) is 41.6 Å². The summed E-state index contributed by atoms with van der Waals surface area (Å²) in [7, 11) is 1.51. The number of benzene rings is 2. The molecule has 156 valence electrons. The van der Waals surface area contributed by atoms with Crippen LogP contribution in [0.3, 0.4) is 0 Å². The smallest absolute Gasteiger partial charge is 0.277 e. The van der Waals surface area contributed by atoms with E-state index in [2.05, 4.69) is 20.8 Å². The number of ether oxygens (including phenoxy) is 1. The Labute approximate surface area is 180 Å². The molecule has 0 radical (unpaired) electrons. The molecule has 0 fully saturated rings. The van der Waals surface area contributed by atoms with E-state index in [0.717, 1.165) is 17.8 Å². The average molecular weight is 451 g/mol. The van der Waals surface area contributed by atoms with Crippen molar-refractivity contribution in [2.24, 2.45) is 0 Å². The van der Waals surface area contributed by atoms with Crippen molar-refractivity contribution < 1.29 is 23.1 Å². The number of nitrogens with zero attached hydrogens (tertiary/aromatic N) is 2. The molecule has 0 bridgehead atoms. The Balaban J connectivity index is 1.50. The molecule has 2 amide bonds. The zero-order chi connectivity index (χ0) is 21.5. The number of anilines is 1. The van der Waals surface area contributed by atoms with Crippen LogP contribution < -0.4 is 15.4 Å². The minimum Gasteiger partial charge on any atom is -0.495 e. The molecule has 30 heavy (non-hydrogen) atoms. The van der Waals surface area contributed by atoms with E-state index in [9.17, 15) is 14.0 Å². The fourth-order valence-corrected chi connectivity index (χ4v) is 3.22. The summed E-state index contributed by atoms with van der Waals surface area (Å²) in [6.07, 6.45) is 0. The van der Waals surface area contributed by atoms with Crippen LogP contribution in [0.5, 0.6) is 5.75 Å². The Morgan fingerprint density at radius 3 is 2.77 bits per heavy atom. The standard InChI is InChI=1S/C19H16ClFN4O4S/c1-28-14-8-3-2-7-13(14)23-15(26)10-30-19-25-24-16(29-19)9-22-18(27)17-11(20)5-4-6-12(17)21/h2-8H,9-10H2,1H3,(H,22,27)(H,23,26). The number of thioether (sulfide) groups is 1. The molecule has 2 aromatic carbocycles. The maximum absolute atomic E-state index is 13.8. The first-order chi connectivity index (χ1) is 14.5. The summed E-state index contributed by atoms with van der Waals surface area (Å²) < 4.78 is 24.3. The van der Waals surface area contributed by atoms with Crippen molar-refractivity contribution in [2.45, 2.75) is 11.8 Å². The molecule has 2 N–H and O–H groups in total. The number of amides is 2. The van der Waals surface area contributed by atoms with Gasteiger partial charge < -0.3 is 19.8 Å². The minimum atomic E-state index is -0.733. The summed E-state index contributed by atoms with van der Waals surface area (Å²) in [4.78, 5) is 24.2. The van der Waals surface area contributed by atoms with Gasteiger partial charge in [0, 0.05) is 0 Å². The highest BCUT2D eigenvalue weighted by Gasteiger charge is 2.17. The van der Waals surface area contributed by atoms with E-state index >= 15 is 0 Å². The van der Waals surface area contributed by atoms with Crippen LogP contribution in [0.15, 0.2) is 52.1 Å². The monoisotopic (exact) mass is 450 g/mol. The largest absolute Gasteiger partial charge is 0.495 e. The molecule has 1 aromatic heterocycles. The Morgan fingerprint density at radius 1 is 1.20 bits per heavy atom. The van der Waals surface area contributed by atoms with Crippen molar-refractivity contribution in [2.75, 3.05) is 18.2 Å². The minimum absolute atomic E-state index is 0.00432. The number of hydrogen-bond acceptors (Lipinski definition) is 7. The second-order valence-corrected chi connectivity index (χ2v) is 7.11. The molecule has 0 unspecified atom stereocenters. The third-order valence-corrected chi connectivity index (χ3v) is 4.88. The molecule has 8 nitrogen and oxygen atoms in total. The molecule has 0 aliphatic rings. The van der Waals surface area contributed by atoms with Crippen molar-refractivity contribution in [1.29, 1.82) is 0 Å². The van der Waals surface area contributed by atoms with E-state index in [4.69, 9.17) is 20.8 Å². The number of hydrogen-bond donors (Lipinski definition) is 2. The average Bonchev–Trinajstić information content (AvgIpc) is 3.19. The number of nitrogens with one attached hydrogen (secondary N) is 2. The zero-order valence-electron chi connectivity index (χ0n) is 15.6. The number of para-hydroxylation sites is 2. The highest BCUT2D eigenvalue weighted by Crippen LogP contribution is 2.24. The summed E-state index contributed by atoms with van der Waals surface area (Å²) in [5.74, 6) is -1.06. The Bertz CT molecular complexity index is 1040. The van der Waals surface area contributed by atoms with Crippen LogP contribution in [0.1, 0.15) is 16.2 Å². The lowest BCUT2D eigenvalue weighted by atomic mass is 10.2. The Kier molecular flexibility index (Phi) is 7.26. The zero-order valence-corrected chi connectivity index (χ0v) is 17.2. The topological polar surface area (TPSA) is 106 Å². The fourth-order valence-electron chi connectivity index (χ4n) is 2.39. The number of aromatic nitrogens is 2. The van der Waals surface area contributed by atoms with Crippen molar-refractivity contribution in [3.63, 3.8) is 0 Å². The van der Waals surface area contributed by atoms with Crippen molar-refractivity contribution in [3.05, 3.63) is 64.8 Å². The predicted molar refractivity (Wildman–Crippen MR) is 109 cm³/mol. The highest BCUT2D eigenvalue weighted by atomic mass is 35.5. The molecule has 3 rings (SSSR count). The van der Waals surface area contributed by atoms with E-state index < -0.39 is 11.7 Å². The summed E-state index contributed by atoms with van der Waals surface area (Å²) in [6, 6.07) is 11.0. The SMILES string of the molecule is COc1ccccc1NC(=O)CSc1nnc(CNC(=O)c2c(F)cccc2Cl)o1. The van der Waals surface area contributed by atoms with Gasteiger partial charge in [0.2, 0.25) is 11.8 Å². The van der Waals surface area contributed by atoms with Gasteiger partial charge in [-0.2, -0.15) is 0 Å². The van der Waals surface area contributed by atoms with Gasteiger partial charge in [-0.15, -0.1) is 10.2 Å². The number of methoxy groups -OCH3 is 1. The molecule has 1 heterocycles. The number of carbonyl (C=O) groups excluding carboxylic acids is 2. The number of halogens is 2. The number of carbonyl (C=O) groups is 2. The molecule has 3 aromatic rings. The molecular weight excluding hydrogens is 435 g/mol. The maximum Gasteiger partial charge on any atom is 0.277 e. The molecule has 0 atom stereocenters. The first-order valence-electron chi connectivity index (χ1n) is 8.58. The first-order valence-corrected chi connectivity index (χ1v) is 9.94. The molecule has 0 spiro atoms. The van der Waals surface area contributed by atoms with Gasteiger partial charge in [0.25, 0.3) is 11.1 Å². The maximum atomic E-state index is 13.8. The van der Waals surface area contributed by atoms with Gasteiger partial charge in [0.05, 0.1) is 35.7 Å². The summed E-state index contributed by atoms with van der Waals surface area (Å²) in [5.41, 5.74) is 0.285. The van der Waals surface area contributed by atoms with Gasteiger partial charge in [-0.3, -0.25) is 9.59 Å². The van der Waals surface area contributed by atoms with Gasteiger partial charge in [0.1, 0.15) is 11.6 Å². The Hall–Kier alpha value is -3.11. The van der Waals surface area contributed by atoms with Crippen LogP contribution in [-0.2, 0) is 11.3 Å². The van der Waals surface area contributed by atoms with Crippen molar-refractivity contribution in [1.82, 2.24) is 15.5 Å². The van der Waals surface area contributed by atoms with Crippen LogP contribution in [0.25, 0.3) is 0 Å². The molecular formula is C19H16ClFN4O4S. The van der Waals surface area contributed by atoms with E-state index in [1.807, 2.05) is 0 Å². The molecule has 0 aliphatic carbocycles. The normalized spacial score (nSPS) is 10.5. The van der Waals surface area contributed by atoms with Crippen molar-refractivity contribution >= 4 is 40.9 Å². The molecule has 0 saturated heterocycles. The molecule has 11 heteroatoms. The third kappa shape index (κ3) is 5.49. The lowest BCUT2D eigenvalue weighted by molar-refractivity contribution is -0.113. The molecule has 0 aliphatic heterocycles. The van der Waals surface area contributed by atoms with E-state index in [-0.39, 0.29) is 39.9 Å². The third-order valence-electron chi connectivity index (χ3n) is 3.75. The quantitative estimate of drug-likeness (QED) is 0.505. The van der Waals surface area contributed by atoms with Crippen LogP contribution in [0.2, 0.25) is 5.02 Å². The van der Waals surface area contributed by atoms with E-state index in [1.54, 1.807) is 24.3 Å². The van der Waals surface area contributed by atoms with Gasteiger partial charge >= 0.3 is 0 Å². The van der Waals surface area contributed by atoms with Crippen LogP contribution >= 0.6 is 23.4 Å².